The lowest BCUT2D eigenvalue weighted by Crippen LogP contribution is -2.12. The number of rotatable bonds is 2. The average molecular weight is 215 g/mol. The van der Waals surface area contributed by atoms with Crippen LogP contribution in [0.3, 0.4) is 0 Å². The van der Waals surface area contributed by atoms with Crippen LogP contribution < -0.4 is 5.73 Å². The van der Waals surface area contributed by atoms with Crippen molar-refractivity contribution < 1.29 is 9.72 Å². The Hall–Kier alpha value is -1.62. The number of amides is 1. The third-order valence-corrected chi connectivity index (χ3v) is 2.06. The molecule has 0 saturated heterocycles. The summed E-state index contributed by atoms with van der Waals surface area (Å²) in [4.78, 5) is 20.7. The van der Waals surface area contributed by atoms with Gasteiger partial charge in [0.2, 0.25) is 5.91 Å². The van der Waals surface area contributed by atoms with E-state index in [4.69, 9.17) is 17.3 Å². The topological polar surface area (TPSA) is 86.2 Å². The highest BCUT2D eigenvalue weighted by molar-refractivity contribution is 6.33. The summed E-state index contributed by atoms with van der Waals surface area (Å²) in [6.45, 7) is 1.56. The smallest absolute Gasteiger partial charge is 0.288 e. The SMILES string of the molecule is Cc1cc([N+](=O)[O-])c(Cl)cc1C(N)=O. The highest BCUT2D eigenvalue weighted by Gasteiger charge is 2.16. The zero-order valence-corrected chi connectivity index (χ0v) is 8.04. The van der Waals surface area contributed by atoms with Gasteiger partial charge in [0.05, 0.1) is 4.92 Å². The van der Waals surface area contributed by atoms with E-state index in [0.29, 0.717) is 5.56 Å². The number of nitrogens with zero attached hydrogens (tertiary/aromatic N) is 1. The predicted molar refractivity (Wildman–Crippen MR) is 51.4 cm³/mol. The Morgan fingerprint density at radius 1 is 1.57 bits per heavy atom. The normalized spacial score (nSPS) is 9.86. The molecule has 0 atom stereocenters. The summed E-state index contributed by atoms with van der Waals surface area (Å²) >= 11 is 5.59. The minimum absolute atomic E-state index is 0.0885. The Kier molecular flexibility index (Phi) is 2.71. The molecule has 0 heterocycles. The molecule has 74 valence electrons. The van der Waals surface area contributed by atoms with Crippen molar-refractivity contribution in [1.29, 1.82) is 0 Å². The van der Waals surface area contributed by atoms with Gasteiger partial charge in [0.1, 0.15) is 5.02 Å². The number of nitro benzene ring substituents is 1. The van der Waals surface area contributed by atoms with Crippen molar-refractivity contribution in [3.8, 4) is 0 Å². The van der Waals surface area contributed by atoms with E-state index in [2.05, 4.69) is 0 Å². The van der Waals surface area contributed by atoms with Gasteiger partial charge in [-0.15, -0.1) is 0 Å². The molecule has 14 heavy (non-hydrogen) atoms. The maximum atomic E-state index is 10.8. The van der Waals surface area contributed by atoms with Crippen LogP contribution in [0.2, 0.25) is 5.02 Å². The van der Waals surface area contributed by atoms with Gasteiger partial charge in [0, 0.05) is 11.6 Å². The number of carbonyl (C=O) groups is 1. The third-order valence-electron chi connectivity index (χ3n) is 1.76. The Labute approximate surface area is 84.6 Å². The lowest BCUT2D eigenvalue weighted by atomic mass is 10.1. The molecule has 1 aromatic carbocycles. The molecule has 0 unspecified atom stereocenters. The molecule has 2 N–H and O–H groups in total. The van der Waals surface area contributed by atoms with Gasteiger partial charge in [-0.05, 0) is 18.6 Å². The minimum atomic E-state index is -0.653. The summed E-state index contributed by atoms with van der Waals surface area (Å²) in [6.07, 6.45) is 0. The van der Waals surface area contributed by atoms with Gasteiger partial charge in [-0.1, -0.05) is 11.6 Å². The van der Waals surface area contributed by atoms with Gasteiger partial charge in [0.25, 0.3) is 5.69 Å². The van der Waals surface area contributed by atoms with Gasteiger partial charge in [0.15, 0.2) is 0 Å². The molecule has 0 aromatic heterocycles. The maximum Gasteiger partial charge on any atom is 0.288 e. The summed E-state index contributed by atoms with van der Waals surface area (Å²) in [7, 11) is 0. The van der Waals surface area contributed by atoms with E-state index >= 15 is 0 Å². The minimum Gasteiger partial charge on any atom is -0.366 e. The van der Waals surface area contributed by atoms with Crippen LogP contribution in [-0.2, 0) is 0 Å². The molecule has 6 heteroatoms. The van der Waals surface area contributed by atoms with E-state index in [1.165, 1.54) is 12.1 Å². The molecule has 0 aliphatic carbocycles. The van der Waals surface area contributed by atoms with Crippen LogP contribution in [-0.4, -0.2) is 10.8 Å². The molecular formula is C8H7ClN2O3. The molecule has 0 aliphatic rings. The first kappa shape index (κ1) is 10.5. The van der Waals surface area contributed by atoms with Gasteiger partial charge < -0.3 is 5.73 Å². The second-order valence-electron chi connectivity index (χ2n) is 2.74. The first-order chi connectivity index (χ1) is 6.43. The second-order valence-corrected chi connectivity index (χ2v) is 3.15. The zero-order chi connectivity index (χ0) is 10.9. The van der Waals surface area contributed by atoms with Gasteiger partial charge >= 0.3 is 0 Å². The highest BCUT2D eigenvalue weighted by atomic mass is 35.5. The summed E-state index contributed by atoms with van der Waals surface area (Å²) in [5.74, 6) is -0.653. The lowest BCUT2D eigenvalue weighted by Gasteiger charge is -2.02. The van der Waals surface area contributed by atoms with Crippen LogP contribution in [0.5, 0.6) is 0 Å². The van der Waals surface area contributed by atoms with Gasteiger partial charge in [-0.25, -0.2) is 0 Å². The second kappa shape index (κ2) is 3.63. The molecule has 1 amide bonds. The van der Waals surface area contributed by atoms with Crippen LogP contribution in [0.25, 0.3) is 0 Å². The fourth-order valence-corrected chi connectivity index (χ4v) is 1.30. The Bertz CT molecular complexity index is 378. The highest BCUT2D eigenvalue weighted by Crippen LogP contribution is 2.27. The van der Waals surface area contributed by atoms with E-state index in [9.17, 15) is 14.9 Å². The van der Waals surface area contributed by atoms with E-state index in [-0.39, 0.29) is 16.3 Å². The fourth-order valence-electron chi connectivity index (χ4n) is 1.07. The summed E-state index contributed by atoms with van der Waals surface area (Å²) in [6, 6.07) is 2.43. The molecule has 0 radical (unpaired) electrons. The first-order valence-electron chi connectivity index (χ1n) is 3.68. The number of hydrogen-bond acceptors (Lipinski definition) is 3. The average Bonchev–Trinajstić information content (AvgIpc) is 2.07. The van der Waals surface area contributed by atoms with Crippen LogP contribution in [0.1, 0.15) is 15.9 Å². The van der Waals surface area contributed by atoms with Crippen LogP contribution in [0.15, 0.2) is 12.1 Å². The van der Waals surface area contributed by atoms with Crippen molar-refractivity contribution in [2.75, 3.05) is 0 Å². The van der Waals surface area contributed by atoms with Crippen LogP contribution in [0.4, 0.5) is 5.69 Å². The van der Waals surface area contributed by atoms with Crippen molar-refractivity contribution in [3.05, 3.63) is 38.4 Å². The molecule has 0 saturated carbocycles. The van der Waals surface area contributed by atoms with Crippen LogP contribution in [0, 0.1) is 17.0 Å². The Balaban J connectivity index is 3.38. The zero-order valence-electron chi connectivity index (χ0n) is 7.28. The van der Waals surface area contributed by atoms with E-state index in [1.807, 2.05) is 0 Å². The summed E-state index contributed by atoms with van der Waals surface area (Å²) < 4.78 is 0. The Morgan fingerprint density at radius 3 is 2.57 bits per heavy atom. The Morgan fingerprint density at radius 2 is 2.14 bits per heavy atom. The van der Waals surface area contributed by atoms with Crippen molar-refractivity contribution in [2.24, 2.45) is 5.73 Å². The number of benzene rings is 1. The van der Waals surface area contributed by atoms with Crippen molar-refractivity contribution in [2.45, 2.75) is 6.92 Å². The van der Waals surface area contributed by atoms with Crippen LogP contribution >= 0.6 is 11.6 Å². The molecule has 1 rings (SSSR count). The van der Waals surface area contributed by atoms with Gasteiger partial charge in [-0.3, -0.25) is 14.9 Å². The van der Waals surface area contributed by atoms with E-state index in [0.717, 1.165) is 0 Å². The molecule has 0 spiro atoms. The first-order valence-corrected chi connectivity index (χ1v) is 4.05. The van der Waals surface area contributed by atoms with Gasteiger partial charge in [-0.2, -0.15) is 0 Å². The molecular weight excluding hydrogens is 208 g/mol. The van der Waals surface area contributed by atoms with Crippen molar-refractivity contribution in [1.82, 2.24) is 0 Å². The number of hydrogen-bond donors (Lipinski definition) is 1. The number of halogens is 1. The lowest BCUT2D eigenvalue weighted by molar-refractivity contribution is -0.384. The predicted octanol–water partition coefficient (Wildman–Crippen LogP) is 1.66. The molecule has 5 nitrogen and oxygen atoms in total. The number of nitrogens with two attached hydrogens (primary N) is 1. The number of nitro groups is 1. The quantitative estimate of drug-likeness (QED) is 0.600. The fraction of sp³-hybridized carbons (Fsp3) is 0.125. The van der Waals surface area contributed by atoms with E-state index < -0.39 is 10.8 Å². The maximum absolute atomic E-state index is 10.8. The number of aryl methyl sites for hydroxylation is 1. The van der Waals surface area contributed by atoms with E-state index in [1.54, 1.807) is 6.92 Å². The molecule has 0 aliphatic heterocycles. The third kappa shape index (κ3) is 1.82. The summed E-state index contributed by atoms with van der Waals surface area (Å²) in [5, 5.41) is 10.4. The number of carbonyl (C=O) groups excluding carboxylic acids is 1. The van der Waals surface area contributed by atoms with Crippen molar-refractivity contribution in [3.63, 3.8) is 0 Å². The monoisotopic (exact) mass is 214 g/mol. The molecule has 0 fully saturated rings. The number of primary amides is 1. The molecule has 0 bridgehead atoms. The largest absolute Gasteiger partial charge is 0.366 e. The molecule has 1 aromatic rings. The van der Waals surface area contributed by atoms with Crippen molar-refractivity contribution >= 4 is 23.2 Å². The summed E-state index contributed by atoms with van der Waals surface area (Å²) in [5.41, 5.74) is 5.45. The standard InChI is InChI=1S/C8H7ClN2O3/c1-4-2-7(11(13)14)6(9)3-5(4)8(10)12/h2-3H,1H3,(H2,10,12).